The maximum Gasteiger partial charge on any atom is 0.295 e. The molecule has 3 heterocycles. The summed E-state index contributed by atoms with van der Waals surface area (Å²) >= 11 is 0. The Morgan fingerprint density at radius 1 is 1.13 bits per heavy atom. The number of likely N-dealkylation sites (tertiary alicyclic amines) is 1. The lowest BCUT2D eigenvalue weighted by Gasteiger charge is -2.17. The fourth-order valence-electron chi connectivity index (χ4n) is 3.57. The molecule has 1 aromatic carbocycles. The van der Waals surface area contributed by atoms with Crippen molar-refractivity contribution in [1.82, 2.24) is 25.0 Å². The number of rotatable bonds is 5. The minimum Gasteiger partial charge on any atom is -0.383 e. The number of nitrogens with one attached hydrogen (secondary N) is 1. The van der Waals surface area contributed by atoms with Crippen molar-refractivity contribution < 1.29 is 14.4 Å². The SMILES string of the molecule is Cn1cc(-c2cnc(N)c(C(=O)N[C@@H]3CCN(C(=O)C(=O)c4ccccc4)C3)c2)cn1. The Hall–Kier alpha value is -4.01. The third-order valence-corrected chi connectivity index (χ3v) is 5.24. The predicted octanol–water partition coefficient (Wildman–Crippen LogP) is 1.28. The van der Waals surface area contributed by atoms with Crippen molar-refractivity contribution in [3.8, 4) is 11.1 Å². The quantitative estimate of drug-likeness (QED) is 0.475. The molecule has 3 N–H and O–H groups in total. The second kappa shape index (κ2) is 8.39. The number of carbonyl (C=O) groups excluding carboxylic acids is 3. The third kappa shape index (κ3) is 4.30. The number of aryl methyl sites for hydroxylation is 1. The first-order chi connectivity index (χ1) is 14.9. The van der Waals surface area contributed by atoms with Crippen LogP contribution in [0.4, 0.5) is 5.82 Å². The summed E-state index contributed by atoms with van der Waals surface area (Å²) in [6, 6.07) is 9.83. The van der Waals surface area contributed by atoms with Crippen LogP contribution >= 0.6 is 0 Å². The number of hydrogen-bond acceptors (Lipinski definition) is 6. The van der Waals surface area contributed by atoms with E-state index in [1.807, 2.05) is 6.20 Å². The van der Waals surface area contributed by atoms with Crippen LogP contribution in [-0.2, 0) is 11.8 Å². The number of amides is 2. The molecule has 3 aromatic rings. The van der Waals surface area contributed by atoms with Crippen LogP contribution in [0.25, 0.3) is 11.1 Å². The van der Waals surface area contributed by atoms with E-state index in [9.17, 15) is 14.4 Å². The van der Waals surface area contributed by atoms with E-state index in [1.165, 1.54) is 4.90 Å². The van der Waals surface area contributed by atoms with Crippen molar-refractivity contribution in [1.29, 1.82) is 0 Å². The molecule has 0 aliphatic carbocycles. The van der Waals surface area contributed by atoms with Gasteiger partial charge in [0.15, 0.2) is 0 Å². The van der Waals surface area contributed by atoms with E-state index in [0.29, 0.717) is 18.5 Å². The maximum atomic E-state index is 12.8. The van der Waals surface area contributed by atoms with Crippen molar-refractivity contribution in [2.24, 2.45) is 7.05 Å². The molecule has 0 bridgehead atoms. The van der Waals surface area contributed by atoms with Crippen LogP contribution in [0.1, 0.15) is 27.1 Å². The molecule has 1 atom stereocenters. The number of aromatic nitrogens is 3. The zero-order chi connectivity index (χ0) is 22.0. The number of nitrogens with zero attached hydrogens (tertiary/aromatic N) is 4. The molecule has 1 saturated heterocycles. The molecule has 2 amide bonds. The summed E-state index contributed by atoms with van der Waals surface area (Å²) in [7, 11) is 1.80. The molecule has 2 aromatic heterocycles. The highest BCUT2D eigenvalue weighted by Crippen LogP contribution is 2.22. The first-order valence-electron chi connectivity index (χ1n) is 9.86. The highest BCUT2D eigenvalue weighted by atomic mass is 16.2. The van der Waals surface area contributed by atoms with Gasteiger partial charge in [-0.2, -0.15) is 5.10 Å². The first kappa shape index (κ1) is 20.3. The van der Waals surface area contributed by atoms with Crippen LogP contribution in [0, 0.1) is 0 Å². The molecule has 0 saturated carbocycles. The Kier molecular flexibility index (Phi) is 5.48. The summed E-state index contributed by atoms with van der Waals surface area (Å²) in [4.78, 5) is 43.3. The predicted molar refractivity (Wildman–Crippen MR) is 114 cm³/mol. The fourth-order valence-corrected chi connectivity index (χ4v) is 3.57. The lowest BCUT2D eigenvalue weighted by atomic mass is 10.1. The molecule has 0 unspecified atom stereocenters. The number of ketones is 1. The van der Waals surface area contributed by atoms with Gasteiger partial charge in [-0.3, -0.25) is 19.1 Å². The zero-order valence-electron chi connectivity index (χ0n) is 17.0. The molecular weight excluding hydrogens is 396 g/mol. The standard InChI is InChI=1S/C22H22N6O3/c1-27-12-16(11-25-27)15-9-18(20(23)24-10-15)21(30)26-17-7-8-28(13-17)22(31)19(29)14-5-3-2-4-6-14/h2-6,9-12,17H,7-8,13H2,1H3,(H2,23,24)(H,26,30)/t17-/m1/s1. The minimum absolute atomic E-state index is 0.121. The molecule has 9 heteroatoms. The molecule has 1 aliphatic rings. The van der Waals surface area contributed by atoms with E-state index in [-0.39, 0.29) is 29.9 Å². The van der Waals surface area contributed by atoms with Gasteiger partial charge in [0, 0.05) is 55.3 Å². The highest BCUT2D eigenvalue weighted by Gasteiger charge is 2.31. The summed E-state index contributed by atoms with van der Waals surface area (Å²) in [6.07, 6.45) is 5.64. The van der Waals surface area contributed by atoms with E-state index in [0.717, 1.165) is 11.1 Å². The summed E-state index contributed by atoms with van der Waals surface area (Å²) in [6.45, 7) is 0.657. The van der Waals surface area contributed by atoms with Crippen molar-refractivity contribution >= 4 is 23.4 Å². The van der Waals surface area contributed by atoms with Gasteiger partial charge < -0.3 is 16.0 Å². The highest BCUT2D eigenvalue weighted by molar-refractivity contribution is 6.42. The molecule has 9 nitrogen and oxygen atoms in total. The Morgan fingerprint density at radius 2 is 1.90 bits per heavy atom. The van der Waals surface area contributed by atoms with E-state index in [2.05, 4.69) is 15.4 Å². The van der Waals surface area contributed by atoms with Gasteiger partial charge in [-0.1, -0.05) is 30.3 Å². The number of nitrogens with two attached hydrogens (primary N) is 1. The van der Waals surface area contributed by atoms with Gasteiger partial charge in [0.05, 0.1) is 11.8 Å². The van der Waals surface area contributed by atoms with Crippen LogP contribution in [0.3, 0.4) is 0 Å². The Balaban J connectivity index is 1.42. The number of benzene rings is 1. The van der Waals surface area contributed by atoms with Crippen molar-refractivity contribution in [3.05, 3.63) is 66.1 Å². The van der Waals surface area contributed by atoms with Gasteiger partial charge in [0.1, 0.15) is 5.82 Å². The Labute approximate surface area is 178 Å². The molecule has 1 aliphatic heterocycles. The number of pyridine rings is 1. The van der Waals surface area contributed by atoms with E-state index in [1.54, 1.807) is 60.5 Å². The molecule has 158 valence electrons. The smallest absolute Gasteiger partial charge is 0.295 e. The summed E-state index contributed by atoms with van der Waals surface area (Å²) in [5.74, 6) is -1.37. The summed E-state index contributed by atoms with van der Waals surface area (Å²) in [5.41, 5.74) is 8.08. The molecule has 4 rings (SSSR count). The van der Waals surface area contributed by atoms with Gasteiger partial charge >= 0.3 is 0 Å². The average molecular weight is 418 g/mol. The topological polar surface area (TPSA) is 123 Å². The van der Waals surface area contributed by atoms with Gasteiger partial charge in [-0.15, -0.1) is 0 Å². The van der Waals surface area contributed by atoms with Crippen molar-refractivity contribution in [2.75, 3.05) is 18.8 Å². The Morgan fingerprint density at radius 3 is 2.61 bits per heavy atom. The van der Waals surface area contributed by atoms with Crippen LogP contribution in [0.2, 0.25) is 0 Å². The Bertz CT molecular complexity index is 1140. The van der Waals surface area contributed by atoms with Gasteiger partial charge in [0.25, 0.3) is 11.8 Å². The maximum absolute atomic E-state index is 12.8. The number of nitrogen functional groups attached to an aromatic ring is 1. The van der Waals surface area contributed by atoms with Crippen LogP contribution in [0.15, 0.2) is 55.0 Å². The van der Waals surface area contributed by atoms with Gasteiger partial charge in [0.2, 0.25) is 5.78 Å². The first-order valence-corrected chi connectivity index (χ1v) is 9.86. The number of carbonyl (C=O) groups is 3. The number of hydrogen-bond donors (Lipinski definition) is 2. The number of anilines is 1. The lowest BCUT2D eigenvalue weighted by Crippen LogP contribution is -2.40. The third-order valence-electron chi connectivity index (χ3n) is 5.24. The van der Waals surface area contributed by atoms with Crippen LogP contribution in [0.5, 0.6) is 0 Å². The van der Waals surface area contributed by atoms with Gasteiger partial charge in [-0.25, -0.2) is 4.98 Å². The molecule has 31 heavy (non-hydrogen) atoms. The van der Waals surface area contributed by atoms with Gasteiger partial charge in [-0.05, 0) is 12.5 Å². The summed E-state index contributed by atoms with van der Waals surface area (Å²) in [5, 5.41) is 7.02. The second-order valence-electron chi connectivity index (χ2n) is 7.46. The molecule has 0 spiro atoms. The van der Waals surface area contributed by atoms with Crippen LogP contribution < -0.4 is 11.1 Å². The van der Waals surface area contributed by atoms with E-state index < -0.39 is 11.7 Å². The lowest BCUT2D eigenvalue weighted by molar-refractivity contribution is -0.125. The fraction of sp³-hybridized carbons (Fsp3) is 0.227. The molecule has 1 fully saturated rings. The molecular formula is C22H22N6O3. The second-order valence-corrected chi connectivity index (χ2v) is 7.46. The summed E-state index contributed by atoms with van der Waals surface area (Å²) < 4.78 is 1.66. The van der Waals surface area contributed by atoms with E-state index >= 15 is 0 Å². The minimum atomic E-state index is -0.567. The van der Waals surface area contributed by atoms with E-state index in [4.69, 9.17) is 5.73 Å². The van der Waals surface area contributed by atoms with Crippen molar-refractivity contribution in [3.63, 3.8) is 0 Å². The average Bonchev–Trinajstić information content (AvgIpc) is 3.42. The van der Waals surface area contributed by atoms with Crippen molar-refractivity contribution in [2.45, 2.75) is 12.5 Å². The number of Topliss-reactive ketones (excluding diaryl/α,β-unsaturated/α-hetero) is 1. The normalized spacial score (nSPS) is 15.6. The van der Waals surface area contributed by atoms with Crippen LogP contribution in [-0.4, -0.2) is 56.4 Å². The zero-order valence-corrected chi connectivity index (χ0v) is 17.0. The molecule has 0 radical (unpaired) electrons. The monoisotopic (exact) mass is 418 g/mol. The largest absolute Gasteiger partial charge is 0.383 e.